The van der Waals surface area contributed by atoms with E-state index in [1.807, 2.05) is 30.6 Å². The fourth-order valence-electron chi connectivity index (χ4n) is 2.75. The maximum absolute atomic E-state index is 12.9. The predicted octanol–water partition coefficient (Wildman–Crippen LogP) is 4.52. The summed E-state index contributed by atoms with van der Waals surface area (Å²) in [7, 11) is 0. The molecule has 0 radical (unpaired) electrons. The third kappa shape index (κ3) is 5.28. The van der Waals surface area contributed by atoms with Crippen LogP contribution in [-0.4, -0.2) is 26.8 Å². The van der Waals surface area contributed by atoms with Gasteiger partial charge in [-0.1, -0.05) is 57.4 Å². The molecule has 0 bridgehead atoms. The molecule has 0 atom stereocenters. The molecule has 5 heteroatoms. The number of nitrogens with one attached hydrogen (secondary N) is 1. The molecule has 2 heterocycles. The van der Waals surface area contributed by atoms with Crippen LogP contribution in [0.5, 0.6) is 0 Å². The molecule has 0 saturated carbocycles. The van der Waals surface area contributed by atoms with Crippen molar-refractivity contribution in [3.05, 3.63) is 52.6 Å². The molecular weight excluding hydrogens is 336 g/mol. The average molecular weight is 369 g/mol. The van der Waals surface area contributed by atoms with Crippen LogP contribution >= 0.6 is 0 Å². The summed E-state index contributed by atoms with van der Waals surface area (Å²) in [5, 5.41) is 3.03. The SMILES string of the molecule is CCCc1cnc2nc(CC)c(C(=O)NC/C(C)=C/C=C(\C)C(C)C)n2c1. The minimum Gasteiger partial charge on any atom is -0.347 e. The lowest BCUT2D eigenvalue weighted by atomic mass is 10.0. The zero-order valence-electron chi connectivity index (χ0n) is 17.5. The first-order chi connectivity index (χ1) is 12.9. The first-order valence-electron chi connectivity index (χ1n) is 9.85. The lowest BCUT2D eigenvalue weighted by Crippen LogP contribution is -2.27. The number of aromatic nitrogens is 3. The van der Waals surface area contributed by atoms with Gasteiger partial charge in [-0.3, -0.25) is 9.20 Å². The Hall–Kier alpha value is -2.43. The van der Waals surface area contributed by atoms with Crippen molar-refractivity contribution in [1.82, 2.24) is 19.7 Å². The lowest BCUT2D eigenvalue weighted by molar-refractivity contribution is 0.0950. The van der Waals surface area contributed by atoms with Crippen molar-refractivity contribution in [2.24, 2.45) is 5.92 Å². The van der Waals surface area contributed by atoms with E-state index in [1.54, 1.807) is 0 Å². The fourth-order valence-corrected chi connectivity index (χ4v) is 2.75. The molecule has 5 nitrogen and oxygen atoms in total. The highest BCUT2D eigenvalue weighted by Crippen LogP contribution is 2.14. The summed E-state index contributed by atoms with van der Waals surface area (Å²) in [6, 6.07) is 0. The van der Waals surface area contributed by atoms with Gasteiger partial charge >= 0.3 is 0 Å². The van der Waals surface area contributed by atoms with Gasteiger partial charge in [-0.2, -0.15) is 0 Å². The van der Waals surface area contributed by atoms with Crippen LogP contribution in [0.3, 0.4) is 0 Å². The Morgan fingerprint density at radius 1 is 1.26 bits per heavy atom. The van der Waals surface area contributed by atoms with Gasteiger partial charge in [-0.05, 0) is 38.2 Å². The molecule has 0 aliphatic carbocycles. The van der Waals surface area contributed by atoms with Crippen LogP contribution in [0.2, 0.25) is 0 Å². The summed E-state index contributed by atoms with van der Waals surface area (Å²) in [6.45, 7) is 13.2. The smallest absolute Gasteiger partial charge is 0.270 e. The van der Waals surface area contributed by atoms with Gasteiger partial charge in [0.2, 0.25) is 5.78 Å². The highest BCUT2D eigenvalue weighted by Gasteiger charge is 2.19. The fraction of sp³-hybridized carbons (Fsp3) is 0.500. The third-order valence-electron chi connectivity index (χ3n) is 4.76. The highest BCUT2D eigenvalue weighted by molar-refractivity contribution is 5.94. The number of nitrogens with zero attached hydrogens (tertiary/aromatic N) is 3. The highest BCUT2D eigenvalue weighted by atomic mass is 16.1. The molecule has 0 aliphatic heterocycles. The molecule has 0 fully saturated rings. The molecule has 0 unspecified atom stereocenters. The number of rotatable bonds is 8. The van der Waals surface area contributed by atoms with Gasteiger partial charge in [0.05, 0.1) is 5.69 Å². The Morgan fingerprint density at radius 3 is 2.63 bits per heavy atom. The molecule has 1 amide bonds. The first-order valence-corrected chi connectivity index (χ1v) is 9.85. The predicted molar refractivity (Wildman–Crippen MR) is 111 cm³/mol. The summed E-state index contributed by atoms with van der Waals surface area (Å²) < 4.78 is 1.83. The van der Waals surface area contributed by atoms with E-state index < -0.39 is 0 Å². The van der Waals surface area contributed by atoms with Crippen molar-refractivity contribution in [2.45, 2.75) is 60.8 Å². The normalized spacial score (nSPS) is 12.9. The van der Waals surface area contributed by atoms with E-state index in [2.05, 4.69) is 55.1 Å². The molecule has 1 N–H and O–H groups in total. The maximum atomic E-state index is 12.9. The minimum atomic E-state index is -0.105. The summed E-state index contributed by atoms with van der Waals surface area (Å²) in [6.07, 6.45) is 10.7. The van der Waals surface area contributed by atoms with Gasteiger partial charge in [0.1, 0.15) is 5.69 Å². The van der Waals surface area contributed by atoms with Crippen molar-refractivity contribution in [2.75, 3.05) is 6.54 Å². The molecule has 2 rings (SSSR count). The van der Waals surface area contributed by atoms with Crippen molar-refractivity contribution >= 4 is 11.7 Å². The third-order valence-corrected chi connectivity index (χ3v) is 4.76. The lowest BCUT2D eigenvalue weighted by Gasteiger charge is -2.08. The molecule has 146 valence electrons. The number of carbonyl (C=O) groups excluding carboxylic acids is 1. The van der Waals surface area contributed by atoms with Crippen LogP contribution in [0.25, 0.3) is 5.78 Å². The monoisotopic (exact) mass is 368 g/mol. The second-order valence-corrected chi connectivity index (χ2v) is 7.40. The van der Waals surface area contributed by atoms with Gasteiger partial charge in [-0.25, -0.2) is 9.97 Å². The van der Waals surface area contributed by atoms with E-state index in [-0.39, 0.29) is 5.91 Å². The van der Waals surface area contributed by atoms with Crippen molar-refractivity contribution < 1.29 is 4.79 Å². The van der Waals surface area contributed by atoms with Gasteiger partial charge in [0.15, 0.2) is 0 Å². The molecule has 0 spiro atoms. The van der Waals surface area contributed by atoms with E-state index in [0.717, 1.165) is 29.7 Å². The quantitative estimate of drug-likeness (QED) is 0.697. The van der Waals surface area contributed by atoms with Crippen LogP contribution in [0, 0.1) is 5.92 Å². The van der Waals surface area contributed by atoms with Gasteiger partial charge in [0.25, 0.3) is 5.91 Å². The number of hydrogen-bond donors (Lipinski definition) is 1. The Kier molecular flexibility index (Phi) is 7.34. The molecule has 0 aliphatic rings. The number of amides is 1. The number of aryl methyl sites for hydroxylation is 2. The number of carbonyl (C=O) groups is 1. The van der Waals surface area contributed by atoms with E-state index >= 15 is 0 Å². The van der Waals surface area contributed by atoms with Gasteiger partial charge in [-0.15, -0.1) is 0 Å². The second-order valence-electron chi connectivity index (χ2n) is 7.40. The molecular formula is C22H32N4O. The van der Waals surface area contributed by atoms with E-state index in [1.165, 1.54) is 5.57 Å². The van der Waals surface area contributed by atoms with E-state index in [4.69, 9.17) is 0 Å². The average Bonchev–Trinajstić information content (AvgIpc) is 3.02. The Morgan fingerprint density at radius 2 is 2.00 bits per heavy atom. The van der Waals surface area contributed by atoms with Crippen LogP contribution in [-0.2, 0) is 12.8 Å². The Labute approximate surface area is 162 Å². The van der Waals surface area contributed by atoms with Crippen LogP contribution < -0.4 is 5.32 Å². The largest absolute Gasteiger partial charge is 0.347 e. The maximum Gasteiger partial charge on any atom is 0.270 e. The van der Waals surface area contributed by atoms with Gasteiger partial charge in [0, 0.05) is 18.9 Å². The van der Waals surface area contributed by atoms with Crippen LogP contribution in [0.1, 0.15) is 69.7 Å². The first kappa shape index (κ1) is 20.9. The summed E-state index contributed by atoms with van der Waals surface area (Å²) in [5.41, 5.74) is 4.93. The molecule has 2 aromatic heterocycles. The van der Waals surface area contributed by atoms with E-state index in [0.29, 0.717) is 30.4 Å². The van der Waals surface area contributed by atoms with Gasteiger partial charge < -0.3 is 5.32 Å². The molecule has 27 heavy (non-hydrogen) atoms. The Bertz CT molecular complexity index is 859. The standard InChI is InChI=1S/C22H32N4O/c1-7-9-18-13-24-22-25-19(8-2)20(26(22)14-18)21(27)23-12-16(5)10-11-17(6)15(3)4/h10-11,13-15H,7-9,12H2,1-6H3,(H,23,27)/b16-10+,17-11+. The van der Waals surface area contributed by atoms with Crippen LogP contribution in [0.4, 0.5) is 0 Å². The minimum absolute atomic E-state index is 0.105. The van der Waals surface area contributed by atoms with Crippen molar-refractivity contribution in [3.63, 3.8) is 0 Å². The molecule has 0 saturated heterocycles. The summed E-state index contributed by atoms with van der Waals surface area (Å²) >= 11 is 0. The van der Waals surface area contributed by atoms with E-state index in [9.17, 15) is 4.79 Å². The van der Waals surface area contributed by atoms with Crippen molar-refractivity contribution in [3.8, 4) is 0 Å². The number of allylic oxidation sites excluding steroid dienone is 3. The van der Waals surface area contributed by atoms with Crippen LogP contribution in [0.15, 0.2) is 35.7 Å². The Balaban J connectivity index is 2.22. The van der Waals surface area contributed by atoms with Crippen molar-refractivity contribution in [1.29, 1.82) is 0 Å². The second kappa shape index (κ2) is 9.49. The zero-order chi connectivity index (χ0) is 20.0. The topological polar surface area (TPSA) is 59.3 Å². The zero-order valence-corrected chi connectivity index (χ0v) is 17.5. The summed E-state index contributed by atoms with van der Waals surface area (Å²) in [5.74, 6) is 1.01. The molecule has 2 aromatic rings. The number of fused-ring (bicyclic) bond motifs is 1. The number of imidazole rings is 1. The summed E-state index contributed by atoms with van der Waals surface area (Å²) in [4.78, 5) is 21.8. The number of hydrogen-bond acceptors (Lipinski definition) is 3. The molecule has 0 aromatic carbocycles.